The minimum Gasteiger partial charge on any atom is -0.494 e. The number of aromatic amines is 1. The molecule has 31 heavy (non-hydrogen) atoms. The summed E-state index contributed by atoms with van der Waals surface area (Å²) in [6, 6.07) is 15.8. The Morgan fingerprint density at radius 2 is 1.84 bits per heavy atom. The van der Waals surface area contributed by atoms with Gasteiger partial charge in [-0.1, -0.05) is 42.1 Å². The number of hydrogen-bond acceptors (Lipinski definition) is 5. The summed E-state index contributed by atoms with van der Waals surface area (Å²) in [5.74, 6) is 1.04. The monoisotopic (exact) mass is 440 g/mol. The average Bonchev–Trinajstić information content (AvgIpc) is 3.14. The Labute approximate surface area is 181 Å². The molecule has 1 N–H and O–H groups in total. The highest BCUT2D eigenvalue weighted by atomic mass is 32.2. The zero-order valence-electron chi connectivity index (χ0n) is 16.9. The number of ether oxygens (including phenoxy) is 1. The van der Waals surface area contributed by atoms with E-state index in [9.17, 15) is 14.0 Å². The molecule has 0 saturated heterocycles. The summed E-state index contributed by atoms with van der Waals surface area (Å²) >= 11 is 1.43. The molecule has 9 heteroatoms. The lowest BCUT2D eigenvalue weighted by Gasteiger charge is -2.10. The van der Waals surface area contributed by atoms with Crippen LogP contribution in [0.1, 0.15) is 12.0 Å². The smallest absolute Gasteiger partial charge is 0.329 e. The highest BCUT2D eigenvalue weighted by Crippen LogP contribution is 2.25. The Bertz CT molecular complexity index is 1300. The number of aryl methyl sites for hydroxylation is 2. The second kappa shape index (κ2) is 9.22. The quantitative estimate of drug-likeness (QED) is 0.336. The van der Waals surface area contributed by atoms with Gasteiger partial charge >= 0.3 is 5.69 Å². The molecule has 0 bridgehead atoms. The maximum absolute atomic E-state index is 13.2. The van der Waals surface area contributed by atoms with Gasteiger partial charge in [0.1, 0.15) is 11.6 Å². The third kappa shape index (κ3) is 4.72. The van der Waals surface area contributed by atoms with Gasteiger partial charge in [0.05, 0.1) is 6.61 Å². The number of para-hydroxylation sites is 1. The summed E-state index contributed by atoms with van der Waals surface area (Å²) in [5.41, 5.74) is 0.635. The van der Waals surface area contributed by atoms with Gasteiger partial charge in [-0.2, -0.15) is 0 Å². The van der Waals surface area contributed by atoms with E-state index in [0.29, 0.717) is 41.6 Å². The van der Waals surface area contributed by atoms with Crippen LogP contribution in [-0.4, -0.2) is 25.7 Å². The van der Waals surface area contributed by atoms with Gasteiger partial charge in [0.15, 0.2) is 16.3 Å². The lowest BCUT2D eigenvalue weighted by Crippen LogP contribution is -2.29. The van der Waals surface area contributed by atoms with Gasteiger partial charge in [-0.05, 0) is 36.2 Å². The van der Waals surface area contributed by atoms with Crippen molar-refractivity contribution in [3.05, 3.63) is 86.8 Å². The van der Waals surface area contributed by atoms with Gasteiger partial charge in [-0.25, -0.2) is 14.2 Å². The van der Waals surface area contributed by atoms with Crippen molar-refractivity contribution in [1.82, 2.24) is 19.1 Å². The second-order valence-electron chi connectivity index (χ2n) is 6.97. The molecular formula is C22H21FN4O3S. The number of imidazole rings is 1. The number of fused-ring (bicyclic) bond motifs is 1. The van der Waals surface area contributed by atoms with E-state index in [1.54, 1.807) is 19.2 Å². The number of hydrogen-bond donors (Lipinski definition) is 1. The van der Waals surface area contributed by atoms with Crippen LogP contribution in [0.5, 0.6) is 5.75 Å². The first kappa shape index (κ1) is 20.9. The van der Waals surface area contributed by atoms with E-state index in [2.05, 4.69) is 9.97 Å². The van der Waals surface area contributed by atoms with E-state index < -0.39 is 11.2 Å². The normalized spacial score (nSPS) is 11.2. The van der Waals surface area contributed by atoms with Crippen LogP contribution in [0.25, 0.3) is 11.2 Å². The summed E-state index contributed by atoms with van der Waals surface area (Å²) in [7, 11) is 1.57. The Morgan fingerprint density at radius 1 is 1.10 bits per heavy atom. The van der Waals surface area contributed by atoms with Crippen molar-refractivity contribution in [2.75, 3.05) is 6.61 Å². The maximum atomic E-state index is 13.2. The van der Waals surface area contributed by atoms with Crippen LogP contribution in [-0.2, 0) is 19.3 Å². The summed E-state index contributed by atoms with van der Waals surface area (Å²) in [6.07, 6.45) is 0.646. The lowest BCUT2D eigenvalue weighted by molar-refractivity contribution is 0.300. The fourth-order valence-electron chi connectivity index (χ4n) is 3.19. The van der Waals surface area contributed by atoms with Crippen LogP contribution in [0.4, 0.5) is 4.39 Å². The summed E-state index contributed by atoms with van der Waals surface area (Å²) in [6.45, 7) is 0.964. The molecule has 4 aromatic rings. The highest BCUT2D eigenvalue weighted by Gasteiger charge is 2.17. The summed E-state index contributed by atoms with van der Waals surface area (Å²) < 4.78 is 22.1. The molecule has 0 radical (unpaired) electrons. The molecule has 160 valence electrons. The van der Waals surface area contributed by atoms with Crippen LogP contribution in [0, 0.1) is 5.82 Å². The molecule has 2 aromatic heterocycles. The molecule has 7 nitrogen and oxygen atoms in total. The van der Waals surface area contributed by atoms with Gasteiger partial charge in [0.25, 0.3) is 5.56 Å². The fraction of sp³-hybridized carbons (Fsp3) is 0.227. The van der Waals surface area contributed by atoms with Gasteiger partial charge in [0, 0.05) is 19.3 Å². The summed E-state index contributed by atoms with van der Waals surface area (Å²) in [5, 5.41) is 0.616. The highest BCUT2D eigenvalue weighted by molar-refractivity contribution is 7.98. The molecule has 0 spiro atoms. The van der Waals surface area contributed by atoms with E-state index >= 15 is 0 Å². The Hall–Kier alpha value is -3.33. The molecule has 2 aromatic carbocycles. The molecule has 0 unspecified atom stereocenters. The molecule has 0 atom stereocenters. The number of halogens is 1. The first-order chi connectivity index (χ1) is 15.0. The number of nitrogens with zero attached hydrogens (tertiary/aromatic N) is 3. The predicted octanol–water partition coefficient (Wildman–Crippen LogP) is 3.32. The van der Waals surface area contributed by atoms with Crippen LogP contribution >= 0.6 is 11.8 Å². The van der Waals surface area contributed by atoms with Gasteiger partial charge in [0.2, 0.25) is 0 Å². The van der Waals surface area contributed by atoms with Gasteiger partial charge in [-0.15, -0.1) is 0 Å². The van der Waals surface area contributed by atoms with Crippen molar-refractivity contribution in [2.45, 2.75) is 23.9 Å². The van der Waals surface area contributed by atoms with E-state index in [1.807, 2.05) is 34.9 Å². The Balaban J connectivity index is 1.58. The summed E-state index contributed by atoms with van der Waals surface area (Å²) in [4.78, 5) is 31.4. The molecule has 0 aliphatic carbocycles. The van der Waals surface area contributed by atoms with E-state index in [1.165, 1.54) is 28.5 Å². The van der Waals surface area contributed by atoms with Crippen LogP contribution in [0.15, 0.2) is 69.3 Å². The fourth-order valence-corrected chi connectivity index (χ4v) is 4.17. The Kier molecular flexibility index (Phi) is 6.22. The molecule has 0 amide bonds. The molecular weight excluding hydrogens is 419 g/mol. The first-order valence-electron chi connectivity index (χ1n) is 9.77. The molecule has 4 rings (SSSR count). The number of thioether (sulfide) groups is 1. The van der Waals surface area contributed by atoms with Crippen molar-refractivity contribution in [3.63, 3.8) is 0 Å². The van der Waals surface area contributed by atoms with E-state index in [-0.39, 0.29) is 5.82 Å². The van der Waals surface area contributed by atoms with E-state index in [0.717, 1.165) is 11.3 Å². The van der Waals surface area contributed by atoms with Crippen LogP contribution < -0.4 is 16.0 Å². The Morgan fingerprint density at radius 3 is 2.58 bits per heavy atom. The largest absolute Gasteiger partial charge is 0.494 e. The predicted molar refractivity (Wildman–Crippen MR) is 118 cm³/mol. The standard InChI is InChI=1S/C22H21FN4O3S/c1-26-19-18(20(28)25-21(26)29)27(12-5-13-30-17-6-3-2-4-7-17)22(24-19)31-14-15-8-10-16(23)11-9-15/h2-4,6-11H,5,12-14H2,1H3,(H,25,28,29). The topological polar surface area (TPSA) is 81.9 Å². The van der Waals surface area contributed by atoms with Crippen LogP contribution in [0.3, 0.4) is 0 Å². The number of H-pyrrole nitrogens is 1. The molecule has 0 aliphatic rings. The minimum atomic E-state index is -0.510. The molecule has 0 fully saturated rings. The van der Waals surface area contributed by atoms with Crippen molar-refractivity contribution >= 4 is 22.9 Å². The SMILES string of the molecule is Cn1c(=O)[nH]c(=O)c2c1nc(SCc1ccc(F)cc1)n2CCCOc1ccccc1. The third-order valence-electron chi connectivity index (χ3n) is 4.79. The lowest BCUT2D eigenvalue weighted by atomic mass is 10.2. The molecule has 2 heterocycles. The number of rotatable bonds is 8. The first-order valence-corrected chi connectivity index (χ1v) is 10.8. The number of benzene rings is 2. The van der Waals surface area contributed by atoms with Gasteiger partial charge in [-0.3, -0.25) is 14.3 Å². The van der Waals surface area contributed by atoms with Crippen molar-refractivity contribution in [3.8, 4) is 5.75 Å². The second-order valence-corrected chi connectivity index (χ2v) is 7.91. The zero-order valence-corrected chi connectivity index (χ0v) is 17.7. The van der Waals surface area contributed by atoms with Crippen molar-refractivity contribution in [1.29, 1.82) is 0 Å². The number of nitrogens with one attached hydrogen (secondary N) is 1. The van der Waals surface area contributed by atoms with Crippen molar-refractivity contribution < 1.29 is 9.13 Å². The molecule has 0 saturated carbocycles. The van der Waals surface area contributed by atoms with E-state index in [4.69, 9.17) is 4.74 Å². The average molecular weight is 441 g/mol. The van der Waals surface area contributed by atoms with Gasteiger partial charge < -0.3 is 9.30 Å². The zero-order chi connectivity index (χ0) is 21.8. The van der Waals surface area contributed by atoms with Crippen LogP contribution in [0.2, 0.25) is 0 Å². The minimum absolute atomic E-state index is 0.291. The number of aromatic nitrogens is 4. The molecule has 0 aliphatic heterocycles. The third-order valence-corrected chi connectivity index (χ3v) is 5.84. The maximum Gasteiger partial charge on any atom is 0.329 e. The van der Waals surface area contributed by atoms with Crippen molar-refractivity contribution in [2.24, 2.45) is 7.05 Å².